The van der Waals surface area contributed by atoms with Crippen molar-refractivity contribution in [3.8, 4) is 17.0 Å². The number of pyridine rings is 1. The molecule has 0 atom stereocenters. The Bertz CT molecular complexity index is 894. The second-order valence-corrected chi connectivity index (χ2v) is 7.07. The number of rotatable bonds is 11. The summed E-state index contributed by atoms with van der Waals surface area (Å²) in [4.78, 5) is 6.89. The second kappa shape index (κ2) is 10.8. The van der Waals surface area contributed by atoms with Crippen LogP contribution in [-0.2, 0) is 9.47 Å². The van der Waals surface area contributed by atoms with E-state index < -0.39 is 0 Å². The third-order valence-electron chi connectivity index (χ3n) is 4.56. The van der Waals surface area contributed by atoms with E-state index in [0.717, 1.165) is 40.9 Å². The van der Waals surface area contributed by atoms with E-state index in [2.05, 4.69) is 48.2 Å². The molecule has 0 unspecified atom stereocenters. The van der Waals surface area contributed by atoms with Gasteiger partial charge in [-0.1, -0.05) is 25.1 Å². The Morgan fingerprint density at radius 1 is 0.793 bits per heavy atom. The highest BCUT2D eigenvalue weighted by Gasteiger charge is 2.04. The van der Waals surface area contributed by atoms with Crippen molar-refractivity contribution in [2.24, 2.45) is 0 Å². The average molecular weight is 395 g/mol. The fourth-order valence-electron chi connectivity index (χ4n) is 2.97. The van der Waals surface area contributed by atoms with Crippen LogP contribution < -0.4 is 9.64 Å². The molecule has 0 aliphatic rings. The molecule has 3 rings (SSSR count). The van der Waals surface area contributed by atoms with Crippen LogP contribution in [0.15, 0.2) is 54.6 Å². The smallest absolute Gasteiger partial charge is 0.120 e. The van der Waals surface area contributed by atoms with Crippen LogP contribution >= 0.6 is 0 Å². The Labute approximate surface area is 173 Å². The van der Waals surface area contributed by atoms with E-state index >= 15 is 0 Å². The predicted molar refractivity (Wildman–Crippen MR) is 119 cm³/mol. The third-order valence-corrected chi connectivity index (χ3v) is 4.56. The van der Waals surface area contributed by atoms with Crippen molar-refractivity contribution in [2.45, 2.75) is 13.3 Å². The van der Waals surface area contributed by atoms with Gasteiger partial charge in [-0.15, -0.1) is 0 Å². The lowest BCUT2D eigenvalue weighted by atomic mass is 10.1. The minimum atomic E-state index is 0.517. The molecule has 5 heteroatoms. The quantitative estimate of drug-likeness (QED) is 0.438. The zero-order valence-corrected chi connectivity index (χ0v) is 17.6. The standard InChI is InChI=1S/C24H30N2O3/c1-4-13-27-14-15-28-16-17-29-22-10-12-24-20(18-22)7-11-23(25-24)19-5-8-21(9-6-19)26(2)3/h5-12,18H,4,13-17H2,1-3H3. The highest BCUT2D eigenvalue weighted by atomic mass is 16.5. The Morgan fingerprint density at radius 3 is 2.24 bits per heavy atom. The molecule has 0 amide bonds. The van der Waals surface area contributed by atoms with Gasteiger partial charge in [0.25, 0.3) is 0 Å². The number of benzene rings is 2. The van der Waals surface area contributed by atoms with Crippen molar-refractivity contribution in [3.63, 3.8) is 0 Å². The highest BCUT2D eigenvalue weighted by molar-refractivity contribution is 5.83. The summed E-state index contributed by atoms with van der Waals surface area (Å²) in [7, 11) is 4.08. The summed E-state index contributed by atoms with van der Waals surface area (Å²) in [6, 6.07) is 18.5. The van der Waals surface area contributed by atoms with Crippen LogP contribution in [0.2, 0.25) is 0 Å². The topological polar surface area (TPSA) is 43.8 Å². The van der Waals surface area contributed by atoms with Gasteiger partial charge in [0.2, 0.25) is 0 Å². The van der Waals surface area contributed by atoms with E-state index in [0.29, 0.717) is 26.4 Å². The molecular formula is C24H30N2O3. The van der Waals surface area contributed by atoms with Crippen molar-refractivity contribution in [1.82, 2.24) is 4.98 Å². The first-order valence-corrected chi connectivity index (χ1v) is 10.1. The highest BCUT2D eigenvalue weighted by Crippen LogP contribution is 2.25. The molecule has 5 nitrogen and oxygen atoms in total. The van der Waals surface area contributed by atoms with Gasteiger partial charge >= 0.3 is 0 Å². The molecule has 154 valence electrons. The van der Waals surface area contributed by atoms with Crippen LogP contribution in [0.1, 0.15) is 13.3 Å². The molecule has 3 aromatic rings. The molecule has 0 N–H and O–H groups in total. The minimum absolute atomic E-state index is 0.517. The van der Waals surface area contributed by atoms with Gasteiger partial charge in [0, 0.05) is 37.3 Å². The lowest BCUT2D eigenvalue weighted by Crippen LogP contribution is -2.11. The maximum atomic E-state index is 5.79. The first kappa shape index (κ1) is 21.1. The normalized spacial score (nSPS) is 11.0. The number of hydrogen-bond donors (Lipinski definition) is 0. The maximum Gasteiger partial charge on any atom is 0.120 e. The third kappa shape index (κ3) is 6.17. The molecule has 0 bridgehead atoms. The van der Waals surface area contributed by atoms with Gasteiger partial charge in [0.05, 0.1) is 31.0 Å². The molecule has 0 spiro atoms. The zero-order valence-electron chi connectivity index (χ0n) is 17.6. The van der Waals surface area contributed by atoms with Crippen LogP contribution in [-0.4, -0.2) is 52.1 Å². The van der Waals surface area contributed by atoms with Gasteiger partial charge < -0.3 is 19.1 Å². The predicted octanol–water partition coefficient (Wildman–Crippen LogP) is 4.79. The summed E-state index contributed by atoms with van der Waals surface area (Å²) < 4.78 is 16.7. The molecule has 1 aromatic heterocycles. The average Bonchev–Trinajstić information content (AvgIpc) is 2.75. The first-order chi connectivity index (χ1) is 14.2. The van der Waals surface area contributed by atoms with Crippen molar-refractivity contribution < 1.29 is 14.2 Å². The monoisotopic (exact) mass is 394 g/mol. The number of anilines is 1. The second-order valence-electron chi connectivity index (χ2n) is 7.07. The van der Waals surface area contributed by atoms with Gasteiger partial charge in [0.1, 0.15) is 12.4 Å². The summed E-state index contributed by atoms with van der Waals surface area (Å²) >= 11 is 0. The number of nitrogens with zero attached hydrogens (tertiary/aromatic N) is 2. The van der Waals surface area contributed by atoms with Crippen LogP contribution in [0.25, 0.3) is 22.2 Å². The van der Waals surface area contributed by atoms with Gasteiger partial charge in [0.15, 0.2) is 0 Å². The SMILES string of the molecule is CCCOCCOCCOc1ccc2nc(-c3ccc(N(C)C)cc3)ccc2c1. The van der Waals surface area contributed by atoms with Gasteiger partial charge in [-0.3, -0.25) is 0 Å². The molecule has 1 heterocycles. The van der Waals surface area contributed by atoms with Crippen molar-refractivity contribution >= 4 is 16.6 Å². The molecule has 0 saturated carbocycles. The minimum Gasteiger partial charge on any atom is -0.491 e. The Kier molecular flexibility index (Phi) is 7.85. The van der Waals surface area contributed by atoms with Gasteiger partial charge in [-0.25, -0.2) is 4.98 Å². The summed E-state index contributed by atoms with van der Waals surface area (Å²) in [5.41, 5.74) is 4.21. The van der Waals surface area contributed by atoms with Gasteiger partial charge in [-0.05, 0) is 42.8 Å². The number of hydrogen-bond acceptors (Lipinski definition) is 5. The van der Waals surface area contributed by atoms with E-state index in [1.807, 2.05) is 32.3 Å². The van der Waals surface area contributed by atoms with Crippen molar-refractivity contribution in [1.29, 1.82) is 0 Å². The summed E-state index contributed by atoms with van der Waals surface area (Å²) in [5, 5.41) is 1.06. The van der Waals surface area contributed by atoms with E-state index in [1.165, 1.54) is 5.69 Å². The van der Waals surface area contributed by atoms with Crippen LogP contribution in [0.4, 0.5) is 5.69 Å². The van der Waals surface area contributed by atoms with Crippen molar-refractivity contribution in [3.05, 3.63) is 54.6 Å². The van der Waals surface area contributed by atoms with E-state index in [1.54, 1.807) is 0 Å². The number of aromatic nitrogens is 1. The molecule has 0 fully saturated rings. The van der Waals surface area contributed by atoms with Crippen LogP contribution in [0, 0.1) is 0 Å². The fraction of sp³-hybridized carbons (Fsp3) is 0.375. The Balaban J connectivity index is 1.55. The fourth-order valence-corrected chi connectivity index (χ4v) is 2.97. The van der Waals surface area contributed by atoms with Gasteiger partial charge in [-0.2, -0.15) is 0 Å². The van der Waals surface area contributed by atoms with Crippen LogP contribution in [0.5, 0.6) is 5.75 Å². The Morgan fingerprint density at radius 2 is 1.52 bits per heavy atom. The largest absolute Gasteiger partial charge is 0.491 e. The van der Waals surface area contributed by atoms with Crippen molar-refractivity contribution in [2.75, 3.05) is 52.0 Å². The molecular weight excluding hydrogens is 364 g/mol. The molecule has 0 radical (unpaired) electrons. The molecule has 2 aromatic carbocycles. The summed E-state index contributed by atoms with van der Waals surface area (Å²) in [6.45, 7) is 5.18. The molecule has 29 heavy (non-hydrogen) atoms. The van der Waals surface area contributed by atoms with E-state index in [4.69, 9.17) is 19.2 Å². The molecule has 0 aliphatic carbocycles. The summed E-state index contributed by atoms with van der Waals surface area (Å²) in [6.07, 6.45) is 1.03. The number of ether oxygens (including phenoxy) is 3. The lowest BCUT2D eigenvalue weighted by Gasteiger charge is -2.12. The first-order valence-electron chi connectivity index (χ1n) is 10.1. The number of fused-ring (bicyclic) bond motifs is 1. The molecule has 0 saturated heterocycles. The lowest BCUT2D eigenvalue weighted by molar-refractivity contribution is 0.0366. The zero-order chi connectivity index (χ0) is 20.5. The maximum absolute atomic E-state index is 5.79. The molecule has 0 aliphatic heterocycles. The van der Waals surface area contributed by atoms with Crippen LogP contribution in [0.3, 0.4) is 0 Å². The van der Waals surface area contributed by atoms with E-state index in [-0.39, 0.29) is 0 Å². The summed E-state index contributed by atoms with van der Waals surface area (Å²) in [5.74, 6) is 0.827. The van der Waals surface area contributed by atoms with E-state index in [9.17, 15) is 0 Å². The Hall–Kier alpha value is -2.63.